The highest BCUT2D eigenvalue weighted by Gasteiger charge is 2.28. The van der Waals surface area contributed by atoms with Gasteiger partial charge in [0.05, 0.1) is 4.90 Å². The first-order chi connectivity index (χ1) is 7.99. The molecule has 1 fully saturated rings. The van der Waals surface area contributed by atoms with Gasteiger partial charge in [0.1, 0.15) is 5.75 Å². The van der Waals surface area contributed by atoms with Crippen molar-refractivity contribution >= 4 is 10.0 Å². The molecule has 1 aromatic carbocycles. The van der Waals surface area contributed by atoms with Crippen LogP contribution in [0.2, 0.25) is 0 Å². The molecular weight excluding hydrogens is 238 g/mol. The minimum atomic E-state index is -3.45. The first-order valence-electron chi connectivity index (χ1n) is 5.80. The number of phenolic OH excluding ortho intramolecular Hbond substituents is 1. The Morgan fingerprint density at radius 3 is 2.41 bits per heavy atom. The molecule has 4 nitrogen and oxygen atoms in total. The lowest BCUT2D eigenvalue weighted by atomic mass is 10.1. The van der Waals surface area contributed by atoms with Gasteiger partial charge >= 0.3 is 0 Å². The Kier molecular flexibility index (Phi) is 3.40. The number of hydrogen-bond acceptors (Lipinski definition) is 3. The number of aromatic hydroxyl groups is 1. The molecule has 1 aromatic rings. The van der Waals surface area contributed by atoms with Crippen LogP contribution in [0.25, 0.3) is 0 Å². The summed E-state index contributed by atoms with van der Waals surface area (Å²) in [6.45, 7) is 2.07. The van der Waals surface area contributed by atoms with Crippen LogP contribution in [-0.2, 0) is 10.0 Å². The SMILES string of the molecule is CC1CCCC1NS(=O)(=O)c1ccc(O)cc1. The Balaban J connectivity index is 2.16. The van der Waals surface area contributed by atoms with Crippen molar-refractivity contribution in [1.82, 2.24) is 4.72 Å². The van der Waals surface area contributed by atoms with Crippen molar-refractivity contribution in [1.29, 1.82) is 0 Å². The van der Waals surface area contributed by atoms with Crippen LogP contribution in [0.3, 0.4) is 0 Å². The van der Waals surface area contributed by atoms with E-state index in [0.29, 0.717) is 5.92 Å². The Bertz CT molecular complexity index is 481. The maximum absolute atomic E-state index is 12.1. The highest BCUT2D eigenvalue weighted by atomic mass is 32.2. The molecule has 17 heavy (non-hydrogen) atoms. The van der Waals surface area contributed by atoms with Gasteiger partial charge in [0, 0.05) is 6.04 Å². The van der Waals surface area contributed by atoms with Crippen molar-refractivity contribution in [3.8, 4) is 5.75 Å². The molecule has 0 amide bonds. The molecule has 0 saturated heterocycles. The van der Waals surface area contributed by atoms with Crippen molar-refractivity contribution in [3.63, 3.8) is 0 Å². The van der Waals surface area contributed by atoms with Crippen molar-refractivity contribution < 1.29 is 13.5 Å². The van der Waals surface area contributed by atoms with E-state index < -0.39 is 10.0 Å². The number of benzene rings is 1. The van der Waals surface area contributed by atoms with E-state index in [4.69, 9.17) is 5.11 Å². The topological polar surface area (TPSA) is 66.4 Å². The van der Waals surface area contributed by atoms with E-state index in [-0.39, 0.29) is 16.7 Å². The Labute approximate surface area is 102 Å². The van der Waals surface area contributed by atoms with Crippen LogP contribution in [0.5, 0.6) is 5.75 Å². The second-order valence-electron chi connectivity index (χ2n) is 4.63. The van der Waals surface area contributed by atoms with Gasteiger partial charge in [0.25, 0.3) is 0 Å². The van der Waals surface area contributed by atoms with E-state index in [9.17, 15) is 8.42 Å². The molecule has 2 atom stereocenters. The zero-order valence-electron chi connectivity index (χ0n) is 9.76. The Morgan fingerprint density at radius 2 is 1.88 bits per heavy atom. The molecule has 0 aliphatic heterocycles. The largest absolute Gasteiger partial charge is 0.508 e. The summed E-state index contributed by atoms with van der Waals surface area (Å²) in [5.74, 6) is 0.458. The summed E-state index contributed by atoms with van der Waals surface area (Å²) in [5.41, 5.74) is 0. The Morgan fingerprint density at radius 1 is 1.24 bits per heavy atom. The third kappa shape index (κ3) is 2.79. The summed E-state index contributed by atoms with van der Waals surface area (Å²) in [6, 6.07) is 5.63. The predicted octanol–water partition coefficient (Wildman–Crippen LogP) is 1.86. The molecule has 0 heterocycles. The lowest BCUT2D eigenvalue weighted by molar-refractivity contribution is 0.472. The fourth-order valence-corrected chi connectivity index (χ4v) is 3.59. The van der Waals surface area contributed by atoms with Gasteiger partial charge in [-0.2, -0.15) is 0 Å². The van der Waals surface area contributed by atoms with E-state index in [1.54, 1.807) is 0 Å². The van der Waals surface area contributed by atoms with E-state index in [0.717, 1.165) is 19.3 Å². The summed E-state index contributed by atoms with van der Waals surface area (Å²) in [4.78, 5) is 0.203. The van der Waals surface area contributed by atoms with Gasteiger partial charge in [-0.1, -0.05) is 13.3 Å². The van der Waals surface area contributed by atoms with Crippen LogP contribution < -0.4 is 4.72 Å². The molecule has 1 aliphatic rings. The van der Waals surface area contributed by atoms with E-state index in [2.05, 4.69) is 11.6 Å². The summed E-state index contributed by atoms with van der Waals surface area (Å²) >= 11 is 0. The average molecular weight is 255 g/mol. The van der Waals surface area contributed by atoms with Crippen LogP contribution in [0, 0.1) is 5.92 Å². The Hall–Kier alpha value is -1.07. The van der Waals surface area contributed by atoms with Crippen molar-refractivity contribution in [2.75, 3.05) is 0 Å². The van der Waals surface area contributed by atoms with Gasteiger partial charge < -0.3 is 5.11 Å². The van der Waals surface area contributed by atoms with Crippen LogP contribution >= 0.6 is 0 Å². The molecule has 1 saturated carbocycles. The molecule has 0 aromatic heterocycles. The lowest BCUT2D eigenvalue weighted by Crippen LogP contribution is -2.36. The molecule has 2 N–H and O–H groups in total. The van der Waals surface area contributed by atoms with Gasteiger partial charge in [0.2, 0.25) is 10.0 Å². The third-order valence-corrected chi connectivity index (χ3v) is 4.82. The third-order valence-electron chi connectivity index (χ3n) is 3.32. The molecular formula is C12H17NO3S. The van der Waals surface area contributed by atoms with Crippen LogP contribution in [0.15, 0.2) is 29.2 Å². The zero-order chi connectivity index (χ0) is 12.5. The van der Waals surface area contributed by atoms with E-state index in [1.807, 2.05) is 0 Å². The maximum atomic E-state index is 12.1. The quantitative estimate of drug-likeness (QED) is 0.866. The summed E-state index contributed by atoms with van der Waals surface area (Å²) in [5, 5.41) is 9.13. The molecule has 5 heteroatoms. The number of sulfonamides is 1. The fourth-order valence-electron chi connectivity index (χ4n) is 2.21. The predicted molar refractivity (Wildman–Crippen MR) is 65.2 cm³/mol. The van der Waals surface area contributed by atoms with Gasteiger partial charge in [-0.05, 0) is 43.0 Å². The fraction of sp³-hybridized carbons (Fsp3) is 0.500. The summed E-state index contributed by atoms with van der Waals surface area (Å²) in [6.07, 6.45) is 3.05. The van der Waals surface area contributed by atoms with Crippen molar-refractivity contribution in [2.45, 2.75) is 37.1 Å². The van der Waals surface area contributed by atoms with Gasteiger partial charge in [-0.3, -0.25) is 0 Å². The number of nitrogens with one attached hydrogen (secondary N) is 1. The van der Waals surface area contributed by atoms with Crippen LogP contribution in [-0.4, -0.2) is 19.6 Å². The zero-order valence-corrected chi connectivity index (χ0v) is 10.6. The highest BCUT2D eigenvalue weighted by molar-refractivity contribution is 7.89. The number of rotatable bonds is 3. The molecule has 94 valence electrons. The normalized spacial score (nSPS) is 25.0. The second-order valence-corrected chi connectivity index (χ2v) is 6.34. The lowest BCUT2D eigenvalue weighted by Gasteiger charge is -2.17. The smallest absolute Gasteiger partial charge is 0.240 e. The van der Waals surface area contributed by atoms with Crippen molar-refractivity contribution in [2.24, 2.45) is 5.92 Å². The summed E-state index contributed by atoms with van der Waals surface area (Å²) in [7, 11) is -3.45. The first kappa shape index (κ1) is 12.4. The van der Waals surface area contributed by atoms with Gasteiger partial charge in [-0.15, -0.1) is 0 Å². The standard InChI is InChI=1S/C12H17NO3S/c1-9-3-2-4-12(9)13-17(15,16)11-7-5-10(14)6-8-11/h5-9,12-14H,2-4H2,1H3. The minimum Gasteiger partial charge on any atom is -0.508 e. The molecule has 0 bridgehead atoms. The number of hydrogen-bond donors (Lipinski definition) is 2. The monoisotopic (exact) mass is 255 g/mol. The molecule has 2 rings (SSSR count). The van der Waals surface area contributed by atoms with Crippen LogP contribution in [0.4, 0.5) is 0 Å². The molecule has 1 aliphatic carbocycles. The molecule has 0 spiro atoms. The van der Waals surface area contributed by atoms with Crippen LogP contribution in [0.1, 0.15) is 26.2 Å². The maximum Gasteiger partial charge on any atom is 0.240 e. The van der Waals surface area contributed by atoms with Crippen molar-refractivity contribution in [3.05, 3.63) is 24.3 Å². The summed E-state index contributed by atoms with van der Waals surface area (Å²) < 4.78 is 26.8. The molecule has 0 radical (unpaired) electrons. The van der Waals surface area contributed by atoms with E-state index in [1.165, 1.54) is 24.3 Å². The van der Waals surface area contributed by atoms with Gasteiger partial charge in [0.15, 0.2) is 0 Å². The minimum absolute atomic E-state index is 0.0359. The highest BCUT2D eigenvalue weighted by Crippen LogP contribution is 2.26. The van der Waals surface area contributed by atoms with Gasteiger partial charge in [-0.25, -0.2) is 13.1 Å². The first-order valence-corrected chi connectivity index (χ1v) is 7.29. The average Bonchev–Trinajstić information content (AvgIpc) is 2.64. The van der Waals surface area contributed by atoms with E-state index >= 15 is 0 Å². The molecule has 2 unspecified atom stereocenters. The second kappa shape index (κ2) is 4.66. The number of phenols is 1.